The Hall–Kier alpha value is -2.25. The van der Waals surface area contributed by atoms with Crippen molar-refractivity contribution in [1.82, 2.24) is 0 Å². The SMILES string of the molecule is COC(=O)c1cc(N(C)C(=O)C(F)(F)F)ccc1N1CCCCC1. The molecule has 1 aliphatic rings. The van der Waals surface area contributed by atoms with Crippen molar-refractivity contribution < 1.29 is 27.5 Å². The minimum atomic E-state index is -4.98. The Morgan fingerprint density at radius 3 is 2.33 bits per heavy atom. The molecule has 0 N–H and O–H groups in total. The number of piperidine rings is 1. The third-order valence-corrected chi connectivity index (χ3v) is 4.02. The van der Waals surface area contributed by atoms with Gasteiger partial charge < -0.3 is 14.5 Å². The molecular weight excluding hydrogens is 325 g/mol. The van der Waals surface area contributed by atoms with E-state index in [2.05, 4.69) is 0 Å². The van der Waals surface area contributed by atoms with Crippen LogP contribution in [0, 0.1) is 0 Å². The molecule has 0 saturated carbocycles. The zero-order valence-corrected chi connectivity index (χ0v) is 13.5. The number of carbonyl (C=O) groups is 2. The van der Waals surface area contributed by atoms with Gasteiger partial charge in [0.05, 0.1) is 18.4 Å². The number of esters is 1. The number of anilines is 2. The molecule has 2 rings (SSSR count). The van der Waals surface area contributed by atoms with Crippen LogP contribution in [0.3, 0.4) is 0 Å². The van der Waals surface area contributed by atoms with E-state index in [9.17, 15) is 22.8 Å². The van der Waals surface area contributed by atoms with Gasteiger partial charge in [0.2, 0.25) is 0 Å². The molecule has 1 amide bonds. The van der Waals surface area contributed by atoms with Crippen LogP contribution in [-0.2, 0) is 9.53 Å². The maximum absolute atomic E-state index is 12.6. The van der Waals surface area contributed by atoms with E-state index in [4.69, 9.17) is 4.74 Å². The van der Waals surface area contributed by atoms with E-state index in [1.54, 1.807) is 6.07 Å². The fourth-order valence-electron chi connectivity index (χ4n) is 2.72. The van der Waals surface area contributed by atoms with Crippen LogP contribution in [0.5, 0.6) is 0 Å². The first-order valence-corrected chi connectivity index (χ1v) is 7.58. The summed E-state index contributed by atoms with van der Waals surface area (Å²) in [5.41, 5.74) is 0.746. The first kappa shape index (κ1) is 18.1. The molecule has 1 fully saturated rings. The lowest BCUT2D eigenvalue weighted by atomic mass is 10.1. The first-order chi connectivity index (χ1) is 11.3. The highest BCUT2D eigenvalue weighted by Gasteiger charge is 2.41. The Balaban J connectivity index is 2.39. The van der Waals surface area contributed by atoms with Gasteiger partial charge in [-0.1, -0.05) is 0 Å². The molecule has 0 unspecified atom stereocenters. The van der Waals surface area contributed by atoms with E-state index in [0.717, 1.165) is 39.4 Å². The number of halogens is 3. The van der Waals surface area contributed by atoms with Gasteiger partial charge in [0.1, 0.15) is 0 Å². The van der Waals surface area contributed by atoms with Gasteiger partial charge >= 0.3 is 18.1 Å². The van der Waals surface area contributed by atoms with E-state index in [1.165, 1.54) is 19.2 Å². The van der Waals surface area contributed by atoms with Crippen molar-refractivity contribution in [2.24, 2.45) is 0 Å². The summed E-state index contributed by atoms with van der Waals surface area (Å²) in [5.74, 6) is -2.64. The molecule has 0 spiro atoms. The second-order valence-electron chi connectivity index (χ2n) is 5.60. The van der Waals surface area contributed by atoms with Gasteiger partial charge in [0.15, 0.2) is 0 Å². The van der Waals surface area contributed by atoms with Crippen LogP contribution in [-0.4, -0.2) is 45.3 Å². The average molecular weight is 344 g/mol. The van der Waals surface area contributed by atoms with E-state index in [-0.39, 0.29) is 11.3 Å². The normalized spacial score (nSPS) is 15.1. The Kier molecular flexibility index (Phi) is 5.36. The standard InChI is InChI=1S/C16H19F3N2O3/c1-20(15(23)16(17,18)19)11-6-7-13(12(10-11)14(22)24-2)21-8-4-3-5-9-21/h6-7,10H,3-5,8-9H2,1-2H3. The number of ether oxygens (including phenoxy) is 1. The molecule has 0 aromatic heterocycles. The van der Waals surface area contributed by atoms with E-state index < -0.39 is 18.1 Å². The predicted octanol–water partition coefficient (Wildman–Crippen LogP) is 2.99. The number of hydrogen-bond acceptors (Lipinski definition) is 4. The number of methoxy groups -OCH3 is 1. The molecule has 1 saturated heterocycles. The molecule has 0 atom stereocenters. The number of benzene rings is 1. The molecule has 5 nitrogen and oxygen atoms in total. The van der Waals surface area contributed by atoms with Crippen LogP contribution in [0.25, 0.3) is 0 Å². The van der Waals surface area contributed by atoms with Crippen molar-refractivity contribution >= 4 is 23.3 Å². The Bertz CT molecular complexity index is 625. The second-order valence-corrected chi connectivity index (χ2v) is 5.60. The molecule has 0 radical (unpaired) electrons. The quantitative estimate of drug-likeness (QED) is 0.791. The van der Waals surface area contributed by atoms with Crippen LogP contribution in [0.2, 0.25) is 0 Å². The summed E-state index contributed by atoms with van der Waals surface area (Å²) in [6, 6.07) is 4.23. The molecule has 1 aromatic rings. The van der Waals surface area contributed by atoms with Crippen molar-refractivity contribution in [2.45, 2.75) is 25.4 Å². The fraction of sp³-hybridized carbons (Fsp3) is 0.500. The van der Waals surface area contributed by atoms with Crippen molar-refractivity contribution in [3.8, 4) is 0 Å². The fourth-order valence-corrected chi connectivity index (χ4v) is 2.72. The minimum Gasteiger partial charge on any atom is -0.465 e. The number of nitrogens with zero attached hydrogens (tertiary/aromatic N) is 2. The predicted molar refractivity (Wildman–Crippen MR) is 83.3 cm³/mol. The molecule has 132 valence electrons. The second kappa shape index (κ2) is 7.11. The lowest BCUT2D eigenvalue weighted by Crippen LogP contribution is -2.38. The van der Waals surface area contributed by atoms with Crippen LogP contribution < -0.4 is 9.80 Å². The summed E-state index contributed by atoms with van der Waals surface area (Å²) < 4.78 is 42.5. The summed E-state index contributed by atoms with van der Waals surface area (Å²) in [6.07, 6.45) is -1.92. The van der Waals surface area contributed by atoms with Crippen molar-refractivity contribution in [3.63, 3.8) is 0 Å². The zero-order valence-electron chi connectivity index (χ0n) is 13.5. The largest absolute Gasteiger partial charge is 0.471 e. The monoisotopic (exact) mass is 344 g/mol. The highest BCUT2D eigenvalue weighted by atomic mass is 19.4. The summed E-state index contributed by atoms with van der Waals surface area (Å²) in [4.78, 5) is 25.9. The summed E-state index contributed by atoms with van der Waals surface area (Å²) in [7, 11) is 2.23. The van der Waals surface area contributed by atoms with Gasteiger partial charge in [0, 0.05) is 25.8 Å². The van der Waals surface area contributed by atoms with E-state index in [1.807, 2.05) is 4.90 Å². The van der Waals surface area contributed by atoms with Crippen molar-refractivity contribution in [1.29, 1.82) is 0 Å². The Labute approximate surface area is 138 Å². The molecule has 0 aliphatic carbocycles. The first-order valence-electron chi connectivity index (χ1n) is 7.58. The van der Waals surface area contributed by atoms with Crippen LogP contribution in [0.15, 0.2) is 18.2 Å². The average Bonchev–Trinajstić information content (AvgIpc) is 2.59. The number of rotatable bonds is 3. The Morgan fingerprint density at radius 1 is 1.17 bits per heavy atom. The lowest BCUT2D eigenvalue weighted by Gasteiger charge is -2.30. The number of hydrogen-bond donors (Lipinski definition) is 0. The number of alkyl halides is 3. The minimum absolute atomic E-state index is 0.0153. The van der Waals surface area contributed by atoms with E-state index in [0.29, 0.717) is 10.6 Å². The third kappa shape index (κ3) is 3.80. The van der Waals surface area contributed by atoms with Crippen molar-refractivity contribution in [3.05, 3.63) is 23.8 Å². The molecule has 24 heavy (non-hydrogen) atoms. The highest BCUT2D eigenvalue weighted by molar-refractivity contribution is 6.01. The summed E-state index contributed by atoms with van der Waals surface area (Å²) in [6.45, 7) is 1.53. The number of amides is 1. The molecule has 1 aliphatic heterocycles. The maximum Gasteiger partial charge on any atom is 0.471 e. The van der Waals surface area contributed by atoms with Gasteiger partial charge in [-0.2, -0.15) is 13.2 Å². The van der Waals surface area contributed by atoms with E-state index >= 15 is 0 Å². The van der Waals surface area contributed by atoms with Crippen molar-refractivity contribution in [2.75, 3.05) is 37.0 Å². The van der Waals surface area contributed by atoms with Gasteiger partial charge in [-0.15, -0.1) is 0 Å². The molecule has 1 aromatic carbocycles. The third-order valence-electron chi connectivity index (χ3n) is 4.02. The maximum atomic E-state index is 12.6. The number of carbonyl (C=O) groups excluding carboxylic acids is 2. The van der Waals surface area contributed by atoms with Gasteiger partial charge in [-0.05, 0) is 37.5 Å². The lowest BCUT2D eigenvalue weighted by molar-refractivity contribution is -0.170. The van der Waals surface area contributed by atoms with Gasteiger partial charge in [0.25, 0.3) is 0 Å². The van der Waals surface area contributed by atoms with Crippen LogP contribution in [0.4, 0.5) is 24.5 Å². The molecular formula is C16H19F3N2O3. The van der Waals surface area contributed by atoms with Gasteiger partial charge in [-0.3, -0.25) is 4.79 Å². The van der Waals surface area contributed by atoms with Crippen LogP contribution in [0.1, 0.15) is 29.6 Å². The van der Waals surface area contributed by atoms with Crippen LogP contribution >= 0.6 is 0 Å². The smallest absolute Gasteiger partial charge is 0.465 e. The Morgan fingerprint density at radius 2 is 1.79 bits per heavy atom. The molecule has 1 heterocycles. The van der Waals surface area contributed by atoms with Gasteiger partial charge in [-0.25, -0.2) is 4.79 Å². The highest BCUT2D eigenvalue weighted by Crippen LogP contribution is 2.30. The topological polar surface area (TPSA) is 49.9 Å². The molecule has 8 heteroatoms. The summed E-state index contributed by atoms with van der Waals surface area (Å²) in [5, 5.41) is 0. The zero-order chi connectivity index (χ0) is 17.9. The molecule has 0 bridgehead atoms. The summed E-state index contributed by atoms with van der Waals surface area (Å²) >= 11 is 0.